The molecule has 1 aliphatic rings. The molecule has 0 aliphatic carbocycles. The summed E-state index contributed by atoms with van der Waals surface area (Å²) in [6.07, 6.45) is 0. The van der Waals surface area contributed by atoms with Gasteiger partial charge in [-0.25, -0.2) is 4.79 Å². The van der Waals surface area contributed by atoms with Crippen molar-refractivity contribution in [2.75, 3.05) is 7.05 Å². The maximum Gasteiger partial charge on any atom is 0.339 e. The van der Waals surface area contributed by atoms with Crippen molar-refractivity contribution in [3.05, 3.63) is 22.6 Å². The van der Waals surface area contributed by atoms with Gasteiger partial charge < -0.3 is 9.52 Å². The molecule has 0 fully saturated rings. The fourth-order valence-corrected chi connectivity index (χ4v) is 1.79. The normalized spacial score (nSPS) is 16.2. The smallest absolute Gasteiger partial charge is 0.339 e. The van der Waals surface area contributed by atoms with E-state index in [1.54, 1.807) is 6.92 Å². The molecule has 1 aromatic rings. The number of nitrogens with zero attached hydrogens (tertiary/aromatic N) is 1. The molecule has 0 saturated carbocycles. The molecule has 4 heteroatoms. The molecular weight excluding hydrogens is 170 g/mol. The van der Waals surface area contributed by atoms with Crippen molar-refractivity contribution < 1.29 is 14.3 Å². The number of hydrogen-bond donors (Lipinski definition) is 1. The van der Waals surface area contributed by atoms with Crippen LogP contribution in [0.1, 0.15) is 27.4 Å². The first-order chi connectivity index (χ1) is 6.09. The lowest BCUT2D eigenvalue weighted by atomic mass is 10.1. The second-order valence-electron chi connectivity index (χ2n) is 3.41. The number of aryl methyl sites for hydroxylation is 1. The van der Waals surface area contributed by atoms with Gasteiger partial charge in [0.25, 0.3) is 0 Å². The van der Waals surface area contributed by atoms with Gasteiger partial charge in [0, 0.05) is 12.1 Å². The lowest BCUT2D eigenvalue weighted by Gasteiger charge is -2.05. The highest BCUT2D eigenvalue weighted by Gasteiger charge is 2.28. The summed E-state index contributed by atoms with van der Waals surface area (Å²) in [4.78, 5) is 12.9. The molecule has 1 N–H and O–H groups in total. The quantitative estimate of drug-likeness (QED) is 0.708. The molecule has 0 spiro atoms. The first-order valence-corrected chi connectivity index (χ1v) is 4.12. The van der Waals surface area contributed by atoms with Crippen molar-refractivity contribution in [3.63, 3.8) is 0 Å². The largest absolute Gasteiger partial charge is 0.478 e. The maximum absolute atomic E-state index is 10.9. The average molecular weight is 181 g/mol. The lowest BCUT2D eigenvalue weighted by Crippen LogP contribution is -2.10. The van der Waals surface area contributed by atoms with Gasteiger partial charge in [-0.05, 0) is 14.0 Å². The SMILES string of the molecule is Cc1oc2c(c1C(=O)O)CN(C)C2. The Hall–Kier alpha value is -1.29. The van der Waals surface area contributed by atoms with E-state index in [-0.39, 0.29) is 0 Å². The van der Waals surface area contributed by atoms with Gasteiger partial charge in [-0.3, -0.25) is 4.90 Å². The molecule has 0 aromatic carbocycles. The van der Waals surface area contributed by atoms with Crippen LogP contribution in [0.3, 0.4) is 0 Å². The van der Waals surface area contributed by atoms with Gasteiger partial charge in [0.1, 0.15) is 17.1 Å². The van der Waals surface area contributed by atoms with E-state index >= 15 is 0 Å². The molecule has 0 saturated heterocycles. The van der Waals surface area contributed by atoms with E-state index in [2.05, 4.69) is 0 Å². The van der Waals surface area contributed by atoms with Crippen molar-refractivity contribution in [1.29, 1.82) is 0 Å². The molecule has 0 unspecified atom stereocenters. The summed E-state index contributed by atoms with van der Waals surface area (Å²) in [7, 11) is 1.94. The van der Waals surface area contributed by atoms with Crippen LogP contribution < -0.4 is 0 Å². The summed E-state index contributed by atoms with van der Waals surface area (Å²) in [5.74, 6) is 0.431. The Balaban J connectivity index is 2.52. The Morgan fingerprint density at radius 2 is 2.23 bits per heavy atom. The second-order valence-corrected chi connectivity index (χ2v) is 3.41. The van der Waals surface area contributed by atoms with Crippen LogP contribution in [0.2, 0.25) is 0 Å². The summed E-state index contributed by atoms with van der Waals surface area (Å²) in [6, 6.07) is 0. The fraction of sp³-hybridized carbons (Fsp3) is 0.444. The van der Waals surface area contributed by atoms with Crippen LogP contribution in [0.25, 0.3) is 0 Å². The molecule has 1 aliphatic heterocycles. The Bertz CT molecular complexity index is 367. The van der Waals surface area contributed by atoms with Crippen LogP contribution in [0.4, 0.5) is 0 Å². The number of aromatic carboxylic acids is 1. The minimum atomic E-state index is -0.891. The number of carbonyl (C=O) groups is 1. The highest BCUT2D eigenvalue weighted by molar-refractivity contribution is 5.91. The topological polar surface area (TPSA) is 53.7 Å². The Labute approximate surface area is 75.8 Å². The fourth-order valence-electron chi connectivity index (χ4n) is 1.79. The molecule has 0 atom stereocenters. The molecule has 1 aromatic heterocycles. The zero-order valence-electron chi connectivity index (χ0n) is 7.63. The van der Waals surface area contributed by atoms with Crippen molar-refractivity contribution >= 4 is 5.97 Å². The number of hydrogen-bond acceptors (Lipinski definition) is 3. The summed E-state index contributed by atoms with van der Waals surface area (Å²) < 4.78 is 5.37. The van der Waals surface area contributed by atoms with Crippen LogP contribution in [0, 0.1) is 6.92 Å². The van der Waals surface area contributed by atoms with Gasteiger partial charge in [-0.15, -0.1) is 0 Å². The third kappa shape index (κ3) is 1.14. The minimum Gasteiger partial charge on any atom is -0.478 e. The molecule has 0 radical (unpaired) electrons. The van der Waals surface area contributed by atoms with E-state index in [1.807, 2.05) is 11.9 Å². The van der Waals surface area contributed by atoms with E-state index in [0.29, 0.717) is 24.4 Å². The standard InChI is InChI=1S/C9H11NO3/c1-5-8(9(11)12)6-3-10(2)4-7(6)13-5/h3-4H2,1-2H3,(H,11,12). The highest BCUT2D eigenvalue weighted by atomic mass is 16.4. The maximum atomic E-state index is 10.9. The number of carboxylic acid groups (broad SMARTS) is 1. The number of furan rings is 1. The summed E-state index contributed by atoms with van der Waals surface area (Å²) in [5, 5.41) is 8.93. The van der Waals surface area contributed by atoms with Crippen molar-refractivity contribution in [1.82, 2.24) is 4.90 Å². The van der Waals surface area contributed by atoms with Crippen LogP contribution in [0.5, 0.6) is 0 Å². The van der Waals surface area contributed by atoms with Gasteiger partial charge in [-0.2, -0.15) is 0 Å². The van der Waals surface area contributed by atoms with Gasteiger partial charge in [0.05, 0.1) is 6.54 Å². The molecule has 0 amide bonds. The number of fused-ring (bicyclic) bond motifs is 1. The van der Waals surface area contributed by atoms with E-state index in [4.69, 9.17) is 9.52 Å². The monoisotopic (exact) mass is 181 g/mol. The van der Waals surface area contributed by atoms with E-state index in [0.717, 1.165) is 11.3 Å². The highest BCUT2D eigenvalue weighted by Crippen LogP contribution is 2.29. The Kier molecular flexibility index (Phi) is 1.66. The Morgan fingerprint density at radius 1 is 1.54 bits per heavy atom. The minimum absolute atomic E-state index is 0.347. The molecule has 70 valence electrons. The van der Waals surface area contributed by atoms with Crippen LogP contribution in [-0.4, -0.2) is 23.0 Å². The molecule has 13 heavy (non-hydrogen) atoms. The predicted octanol–water partition coefficient (Wildman–Crippen LogP) is 1.23. The molecule has 0 bridgehead atoms. The predicted molar refractivity (Wildman–Crippen MR) is 45.6 cm³/mol. The van der Waals surface area contributed by atoms with E-state index in [1.165, 1.54) is 0 Å². The molecule has 2 heterocycles. The average Bonchev–Trinajstić information content (AvgIpc) is 2.41. The van der Waals surface area contributed by atoms with Crippen LogP contribution in [0.15, 0.2) is 4.42 Å². The first kappa shape index (κ1) is 8.31. The molecular formula is C9H11NO3. The summed E-state index contributed by atoms with van der Waals surface area (Å²) in [6.45, 7) is 3.08. The Morgan fingerprint density at radius 3 is 2.85 bits per heavy atom. The van der Waals surface area contributed by atoms with Crippen LogP contribution in [-0.2, 0) is 13.1 Å². The van der Waals surface area contributed by atoms with Gasteiger partial charge in [0.2, 0.25) is 0 Å². The van der Waals surface area contributed by atoms with Crippen molar-refractivity contribution in [3.8, 4) is 0 Å². The third-order valence-electron chi connectivity index (χ3n) is 2.32. The number of carboxylic acids is 1. The third-order valence-corrected chi connectivity index (χ3v) is 2.32. The second kappa shape index (κ2) is 2.60. The molecule has 4 nitrogen and oxygen atoms in total. The van der Waals surface area contributed by atoms with Gasteiger partial charge in [0.15, 0.2) is 0 Å². The van der Waals surface area contributed by atoms with Gasteiger partial charge >= 0.3 is 5.97 Å². The number of rotatable bonds is 1. The van der Waals surface area contributed by atoms with Crippen molar-refractivity contribution in [2.24, 2.45) is 0 Å². The zero-order valence-corrected chi connectivity index (χ0v) is 7.63. The van der Waals surface area contributed by atoms with Crippen molar-refractivity contribution in [2.45, 2.75) is 20.0 Å². The van der Waals surface area contributed by atoms with E-state index in [9.17, 15) is 4.79 Å². The van der Waals surface area contributed by atoms with Gasteiger partial charge in [-0.1, -0.05) is 0 Å². The first-order valence-electron chi connectivity index (χ1n) is 4.12. The lowest BCUT2D eigenvalue weighted by molar-refractivity contribution is 0.0693. The molecule has 2 rings (SSSR count). The van der Waals surface area contributed by atoms with E-state index < -0.39 is 5.97 Å². The summed E-state index contributed by atoms with van der Waals surface area (Å²) >= 11 is 0. The zero-order chi connectivity index (χ0) is 9.59. The summed E-state index contributed by atoms with van der Waals surface area (Å²) in [5.41, 5.74) is 1.19. The van der Waals surface area contributed by atoms with Crippen LogP contribution >= 0.6 is 0 Å².